The van der Waals surface area contributed by atoms with Crippen molar-refractivity contribution >= 4 is 44.5 Å². The van der Waals surface area contributed by atoms with Crippen molar-refractivity contribution in [1.29, 1.82) is 0 Å². The fraction of sp³-hybridized carbons (Fsp3) is 0.429. The molecule has 0 aliphatic carbocycles. The molecule has 4 nitrogen and oxygen atoms in total. The van der Waals surface area contributed by atoms with Crippen LogP contribution in [-0.2, 0) is 17.8 Å². The summed E-state index contributed by atoms with van der Waals surface area (Å²) in [5.74, 6) is 1.95. The zero-order valence-electron chi connectivity index (χ0n) is 15.3. The fourth-order valence-electron chi connectivity index (χ4n) is 4.32. The summed E-state index contributed by atoms with van der Waals surface area (Å²) < 4.78 is 1.30. The molecule has 0 unspecified atom stereocenters. The van der Waals surface area contributed by atoms with E-state index in [2.05, 4.69) is 43.7 Å². The summed E-state index contributed by atoms with van der Waals surface area (Å²) in [5, 5.41) is 5.55. The molecule has 140 valence electrons. The molecule has 0 radical (unpaired) electrons. The second kappa shape index (κ2) is 7.24. The van der Waals surface area contributed by atoms with Gasteiger partial charge in [0, 0.05) is 53.8 Å². The normalized spacial score (nSPS) is 18.1. The molecule has 1 saturated heterocycles. The highest BCUT2D eigenvalue weighted by Gasteiger charge is 2.27. The Hall–Kier alpha value is -1.92. The van der Waals surface area contributed by atoms with E-state index in [1.807, 2.05) is 17.5 Å². The van der Waals surface area contributed by atoms with Crippen LogP contribution in [0.15, 0.2) is 35.2 Å². The smallest absolute Gasteiger partial charge is 0.223 e. The van der Waals surface area contributed by atoms with Gasteiger partial charge in [-0.25, -0.2) is 4.98 Å². The van der Waals surface area contributed by atoms with Crippen LogP contribution in [0.25, 0.3) is 10.1 Å². The van der Waals surface area contributed by atoms with E-state index < -0.39 is 0 Å². The predicted octanol–water partition coefficient (Wildman–Crippen LogP) is 4.55. The standard InChI is InChI=1S/C21H23N3OS2/c25-20(24-10-4-18-16(14-24)5-11-26-18)13-15-2-8-23(9-3-15)21-17-6-12-27-19(17)1-7-22-21/h1,5-7,11-12,15H,2-4,8-10,13-14H2. The number of rotatable bonds is 3. The van der Waals surface area contributed by atoms with E-state index >= 15 is 0 Å². The summed E-state index contributed by atoms with van der Waals surface area (Å²) in [5.41, 5.74) is 1.35. The number of hydrogen-bond donors (Lipinski definition) is 0. The number of piperidine rings is 1. The SMILES string of the molecule is O=C(CC1CCN(c2nccc3sccc23)CC1)N1CCc2sccc2C1. The molecule has 0 bridgehead atoms. The topological polar surface area (TPSA) is 36.4 Å². The van der Waals surface area contributed by atoms with Crippen LogP contribution in [0.4, 0.5) is 5.82 Å². The molecular weight excluding hydrogens is 374 g/mol. The third-order valence-corrected chi connectivity index (χ3v) is 7.80. The van der Waals surface area contributed by atoms with Crippen LogP contribution in [0.1, 0.15) is 29.7 Å². The number of amides is 1. The van der Waals surface area contributed by atoms with Crippen molar-refractivity contribution in [2.24, 2.45) is 5.92 Å². The highest BCUT2D eigenvalue weighted by molar-refractivity contribution is 7.17. The molecule has 0 aromatic carbocycles. The van der Waals surface area contributed by atoms with Crippen LogP contribution in [0.3, 0.4) is 0 Å². The van der Waals surface area contributed by atoms with Crippen molar-refractivity contribution < 1.29 is 4.79 Å². The molecule has 0 atom stereocenters. The second-order valence-corrected chi connectivity index (χ2v) is 9.48. The van der Waals surface area contributed by atoms with Crippen LogP contribution in [0.2, 0.25) is 0 Å². The van der Waals surface area contributed by atoms with E-state index in [1.54, 1.807) is 11.3 Å². The molecule has 1 fully saturated rings. The number of carbonyl (C=O) groups is 1. The van der Waals surface area contributed by atoms with Gasteiger partial charge >= 0.3 is 0 Å². The molecule has 0 spiro atoms. The van der Waals surface area contributed by atoms with Crippen molar-refractivity contribution in [1.82, 2.24) is 9.88 Å². The van der Waals surface area contributed by atoms with Gasteiger partial charge in [-0.05, 0) is 59.7 Å². The molecule has 0 N–H and O–H groups in total. The number of aromatic nitrogens is 1. The number of hydrogen-bond acceptors (Lipinski definition) is 5. The number of carbonyl (C=O) groups excluding carboxylic acids is 1. The third kappa shape index (κ3) is 3.36. The van der Waals surface area contributed by atoms with Gasteiger partial charge in [-0.2, -0.15) is 0 Å². The van der Waals surface area contributed by atoms with Gasteiger partial charge in [0.1, 0.15) is 5.82 Å². The number of fused-ring (bicyclic) bond motifs is 2. The monoisotopic (exact) mass is 397 g/mol. The summed E-state index contributed by atoms with van der Waals surface area (Å²) in [6.07, 6.45) is 5.78. The van der Waals surface area contributed by atoms with Crippen LogP contribution >= 0.6 is 22.7 Å². The van der Waals surface area contributed by atoms with Gasteiger partial charge in [0.25, 0.3) is 0 Å². The summed E-state index contributed by atoms with van der Waals surface area (Å²) in [6.45, 7) is 3.68. The maximum Gasteiger partial charge on any atom is 0.223 e. The van der Waals surface area contributed by atoms with Gasteiger partial charge < -0.3 is 9.80 Å². The van der Waals surface area contributed by atoms with Gasteiger partial charge in [-0.15, -0.1) is 22.7 Å². The number of anilines is 1. The Morgan fingerprint density at radius 2 is 1.96 bits per heavy atom. The van der Waals surface area contributed by atoms with Crippen LogP contribution in [0, 0.1) is 5.92 Å². The molecule has 5 rings (SSSR count). The first-order valence-electron chi connectivity index (χ1n) is 9.68. The van der Waals surface area contributed by atoms with Crippen molar-refractivity contribution in [3.63, 3.8) is 0 Å². The Kier molecular flexibility index (Phi) is 4.61. The Bertz CT molecular complexity index is 955. The van der Waals surface area contributed by atoms with Crippen molar-refractivity contribution in [2.45, 2.75) is 32.2 Å². The summed E-state index contributed by atoms with van der Waals surface area (Å²) in [4.78, 5) is 23.4. The first-order chi connectivity index (χ1) is 13.3. The van der Waals surface area contributed by atoms with E-state index in [-0.39, 0.29) is 0 Å². The molecule has 2 aliphatic heterocycles. The second-order valence-electron chi connectivity index (χ2n) is 7.54. The number of pyridine rings is 1. The van der Waals surface area contributed by atoms with Gasteiger partial charge in [-0.3, -0.25) is 4.79 Å². The average Bonchev–Trinajstić information content (AvgIpc) is 3.37. The molecule has 2 aliphatic rings. The molecule has 3 aromatic rings. The summed E-state index contributed by atoms with van der Waals surface area (Å²) in [6, 6.07) is 6.44. The quantitative estimate of drug-likeness (QED) is 0.651. The summed E-state index contributed by atoms with van der Waals surface area (Å²) in [7, 11) is 0. The molecule has 6 heteroatoms. The lowest BCUT2D eigenvalue weighted by Crippen LogP contribution is -2.39. The minimum absolute atomic E-state index is 0.336. The maximum absolute atomic E-state index is 12.8. The highest BCUT2D eigenvalue weighted by Crippen LogP contribution is 2.32. The Morgan fingerprint density at radius 1 is 1.11 bits per heavy atom. The first-order valence-corrected chi connectivity index (χ1v) is 11.4. The predicted molar refractivity (Wildman–Crippen MR) is 113 cm³/mol. The van der Waals surface area contributed by atoms with Crippen LogP contribution in [-0.4, -0.2) is 35.4 Å². The molecule has 5 heterocycles. The van der Waals surface area contributed by atoms with Crippen molar-refractivity contribution in [2.75, 3.05) is 24.5 Å². The zero-order valence-corrected chi connectivity index (χ0v) is 16.9. The third-order valence-electron chi connectivity index (χ3n) is 5.90. The lowest BCUT2D eigenvalue weighted by Gasteiger charge is -2.34. The number of nitrogens with zero attached hydrogens (tertiary/aromatic N) is 3. The minimum atomic E-state index is 0.336. The fourth-order valence-corrected chi connectivity index (χ4v) is 5.98. The lowest BCUT2D eigenvalue weighted by molar-refractivity contribution is -0.133. The summed E-state index contributed by atoms with van der Waals surface area (Å²) >= 11 is 3.60. The van der Waals surface area contributed by atoms with Gasteiger partial charge in [0.2, 0.25) is 5.91 Å². The van der Waals surface area contributed by atoms with Gasteiger partial charge in [-0.1, -0.05) is 0 Å². The molecule has 0 saturated carbocycles. The Balaban J connectivity index is 1.19. The first kappa shape index (κ1) is 17.2. The maximum atomic E-state index is 12.8. The zero-order chi connectivity index (χ0) is 18.2. The Labute approximate surface area is 167 Å². The van der Waals surface area contributed by atoms with E-state index in [9.17, 15) is 4.79 Å². The minimum Gasteiger partial charge on any atom is -0.356 e. The number of thiophene rings is 2. The molecular formula is C21H23N3OS2. The highest BCUT2D eigenvalue weighted by atomic mass is 32.1. The molecule has 27 heavy (non-hydrogen) atoms. The lowest BCUT2D eigenvalue weighted by atomic mass is 9.92. The van der Waals surface area contributed by atoms with Gasteiger partial charge in [0.15, 0.2) is 0 Å². The average molecular weight is 398 g/mol. The van der Waals surface area contributed by atoms with Crippen LogP contribution in [0.5, 0.6) is 0 Å². The van der Waals surface area contributed by atoms with Gasteiger partial charge in [0.05, 0.1) is 0 Å². The van der Waals surface area contributed by atoms with Crippen molar-refractivity contribution in [3.8, 4) is 0 Å². The Morgan fingerprint density at radius 3 is 2.85 bits per heavy atom. The molecule has 1 amide bonds. The van der Waals surface area contributed by atoms with E-state index in [4.69, 9.17) is 0 Å². The van der Waals surface area contributed by atoms with E-state index in [0.29, 0.717) is 18.2 Å². The van der Waals surface area contributed by atoms with Crippen molar-refractivity contribution in [3.05, 3.63) is 45.6 Å². The largest absolute Gasteiger partial charge is 0.356 e. The van der Waals surface area contributed by atoms with Crippen LogP contribution < -0.4 is 4.90 Å². The van der Waals surface area contributed by atoms with E-state index in [0.717, 1.165) is 51.3 Å². The van der Waals surface area contributed by atoms with E-state index in [1.165, 1.54) is 20.5 Å². The molecule has 3 aromatic heterocycles.